The van der Waals surface area contributed by atoms with Gasteiger partial charge < -0.3 is 11.1 Å². The van der Waals surface area contributed by atoms with Gasteiger partial charge in [-0.2, -0.15) is 0 Å². The highest BCUT2D eigenvalue weighted by atomic mass is 32.1. The zero-order valence-corrected chi connectivity index (χ0v) is 10.1. The van der Waals surface area contributed by atoms with Crippen molar-refractivity contribution in [1.29, 1.82) is 0 Å². The highest BCUT2D eigenvalue weighted by Crippen LogP contribution is 2.37. The topological polar surface area (TPSA) is 50.4 Å². The molecule has 0 radical (unpaired) electrons. The second kappa shape index (κ2) is 5.00. The van der Waals surface area contributed by atoms with Crippen LogP contribution in [-0.4, -0.2) is 24.5 Å². The molecule has 1 heterocycles. The van der Waals surface area contributed by atoms with Crippen LogP contribution in [0.3, 0.4) is 0 Å². The third-order valence-corrected chi connectivity index (χ3v) is 3.60. The van der Waals surface area contributed by atoms with Gasteiger partial charge >= 0.3 is 0 Å². The number of thiophene rings is 1. The van der Waals surface area contributed by atoms with Crippen molar-refractivity contribution in [2.24, 2.45) is 10.7 Å². The van der Waals surface area contributed by atoms with Crippen molar-refractivity contribution in [2.75, 3.05) is 6.54 Å². The Balaban J connectivity index is 1.68. The Morgan fingerprint density at radius 2 is 2.35 bits per heavy atom. The zero-order valence-electron chi connectivity index (χ0n) is 9.33. The molecule has 0 aliphatic heterocycles. The summed E-state index contributed by atoms with van der Waals surface area (Å²) in [6.07, 6.45) is 0.545. The molecule has 1 aromatic rings. The molecule has 0 aromatic carbocycles. The van der Waals surface area contributed by atoms with Crippen molar-refractivity contribution in [3.8, 4) is 0 Å². The maximum atomic E-state index is 12.6. The van der Waals surface area contributed by atoms with E-state index in [1.807, 2.05) is 17.5 Å². The highest BCUT2D eigenvalue weighted by Gasteiger charge is 2.45. The predicted octanol–water partition coefficient (Wildman–Crippen LogP) is 1.99. The van der Waals surface area contributed by atoms with Crippen LogP contribution in [0.2, 0.25) is 0 Å². The molecule has 0 bridgehead atoms. The Hall–Kier alpha value is -1.17. The Kier molecular flexibility index (Phi) is 3.61. The molecule has 2 rings (SSSR count). The highest BCUT2D eigenvalue weighted by molar-refractivity contribution is 7.09. The summed E-state index contributed by atoms with van der Waals surface area (Å²) in [5.74, 6) is -2.25. The van der Waals surface area contributed by atoms with E-state index in [4.69, 9.17) is 5.73 Å². The first kappa shape index (κ1) is 12.3. The summed E-state index contributed by atoms with van der Waals surface area (Å²) in [4.78, 5) is 5.36. The van der Waals surface area contributed by atoms with Crippen LogP contribution in [0.5, 0.6) is 0 Å². The van der Waals surface area contributed by atoms with Crippen molar-refractivity contribution >= 4 is 17.3 Å². The Morgan fingerprint density at radius 3 is 2.94 bits per heavy atom. The summed E-state index contributed by atoms with van der Waals surface area (Å²) in [7, 11) is 0. The fourth-order valence-electron chi connectivity index (χ4n) is 1.76. The standard InChI is InChI=1S/C11H15F2N3S/c12-11(13)6-8(7-11)16-10(14)15-4-3-9-2-1-5-17-9/h1-2,5,8H,3-4,6-7H2,(H3,14,15,16). The molecule has 3 nitrogen and oxygen atoms in total. The minimum atomic E-state index is -2.52. The summed E-state index contributed by atoms with van der Waals surface area (Å²) in [5, 5.41) is 4.81. The van der Waals surface area contributed by atoms with Crippen LogP contribution < -0.4 is 11.1 Å². The van der Waals surface area contributed by atoms with Crippen molar-refractivity contribution in [3.63, 3.8) is 0 Å². The van der Waals surface area contributed by atoms with Crippen LogP contribution >= 0.6 is 11.3 Å². The molecule has 1 fully saturated rings. The number of nitrogens with two attached hydrogens (primary N) is 1. The van der Waals surface area contributed by atoms with Crippen molar-refractivity contribution in [3.05, 3.63) is 22.4 Å². The number of aliphatic imine (C=N–C) groups is 1. The lowest BCUT2D eigenvalue weighted by molar-refractivity contribution is -0.0886. The van der Waals surface area contributed by atoms with Gasteiger partial charge in [0.25, 0.3) is 5.92 Å². The summed E-state index contributed by atoms with van der Waals surface area (Å²) in [6, 6.07) is 3.80. The molecular weight excluding hydrogens is 244 g/mol. The number of rotatable bonds is 4. The van der Waals surface area contributed by atoms with Gasteiger partial charge in [0.05, 0.1) is 0 Å². The minimum absolute atomic E-state index is 0.145. The van der Waals surface area contributed by atoms with Gasteiger partial charge in [-0.1, -0.05) is 6.07 Å². The molecule has 1 aromatic heterocycles. The Bertz CT molecular complexity index is 381. The lowest BCUT2D eigenvalue weighted by Gasteiger charge is -2.35. The van der Waals surface area contributed by atoms with Crippen molar-refractivity contribution in [2.45, 2.75) is 31.2 Å². The van der Waals surface area contributed by atoms with E-state index in [0.717, 1.165) is 6.42 Å². The predicted molar refractivity (Wildman–Crippen MR) is 65.6 cm³/mol. The van der Waals surface area contributed by atoms with Gasteiger partial charge in [-0.15, -0.1) is 11.3 Å². The molecular formula is C11H15F2N3S. The maximum Gasteiger partial charge on any atom is 0.252 e. The van der Waals surface area contributed by atoms with Gasteiger partial charge in [0.2, 0.25) is 0 Å². The van der Waals surface area contributed by atoms with Crippen molar-refractivity contribution < 1.29 is 8.78 Å². The minimum Gasteiger partial charge on any atom is -0.370 e. The van der Waals surface area contributed by atoms with Crippen molar-refractivity contribution in [1.82, 2.24) is 5.32 Å². The van der Waals surface area contributed by atoms with E-state index in [0.29, 0.717) is 6.54 Å². The monoisotopic (exact) mass is 259 g/mol. The molecule has 1 aliphatic rings. The van der Waals surface area contributed by atoms with Crippen LogP contribution in [0.25, 0.3) is 0 Å². The van der Waals surface area contributed by atoms with E-state index >= 15 is 0 Å². The Morgan fingerprint density at radius 1 is 1.59 bits per heavy atom. The first-order valence-electron chi connectivity index (χ1n) is 5.52. The number of nitrogens with one attached hydrogen (secondary N) is 1. The van der Waals surface area contributed by atoms with Gasteiger partial charge in [0.1, 0.15) is 0 Å². The van der Waals surface area contributed by atoms with Crippen LogP contribution in [0, 0.1) is 0 Å². The molecule has 1 aliphatic carbocycles. The van der Waals surface area contributed by atoms with Gasteiger partial charge in [0, 0.05) is 36.7 Å². The van der Waals surface area contributed by atoms with E-state index in [1.165, 1.54) is 4.88 Å². The van der Waals surface area contributed by atoms with Crippen LogP contribution in [0.15, 0.2) is 22.5 Å². The molecule has 0 saturated heterocycles. The number of nitrogens with zero attached hydrogens (tertiary/aromatic N) is 1. The molecule has 3 N–H and O–H groups in total. The molecule has 0 atom stereocenters. The third kappa shape index (κ3) is 3.66. The van der Waals surface area contributed by atoms with Gasteiger partial charge in [-0.25, -0.2) is 8.78 Å². The van der Waals surface area contributed by atoms with E-state index < -0.39 is 5.92 Å². The summed E-state index contributed by atoms with van der Waals surface area (Å²) in [5.41, 5.74) is 5.61. The second-order valence-electron chi connectivity index (χ2n) is 4.20. The number of hydrogen-bond donors (Lipinski definition) is 2. The molecule has 0 amide bonds. The fraction of sp³-hybridized carbons (Fsp3) is 0.545. The molecule has 6 heteroatoms. The van der Waals surface area contributed by atoms with Crippen LogP contribution in [-0.2, 0) is 6.42 Å². The first-order valence-corrected chi connectivity index (χ1v) is 6.40. The number of halogens is 2. The smallest absolute Gasteiger partial charge is 0.252 e. The maximum absolute atomic E-state index is 12.6. The average Bonchev–Trinajstić information content (AvgIpc) is 2.67. The lowest BCUT2D eigenvalue weighted by Crippen LogP contribution is -2.52. The first-order chi connectivity index (χ1) is 8.05. The third-order valence-electron chi connectivity index (χ3n) is 2.66. The lowest BCUT2D eigenvalue weighted by atomic mass is 9.88. The summed E-state index contributed by atoms with van der Waals surface area (Å²) < 4.78 is 25.1. The molecule has 94 valence electrons. The van der Waals surface area contributed by atoms with E-state index in [9.17, 15) is 8.78 Å². The average molecular weight is 259 g/mol. The molecule has 0 unspecified atom stereocenters. The molecule has 0 spiro atoms. The van der Waals surface area contributed by atoms with Crippen LogP contribution in [0.4, 0.5) is 8.78 Å². The SMILES string of the molecule is NC(=NCCc1cccs1)NC1CC(F)(F)C1. The number of alkyl halides is 2. The fourth-order valence-corrected chi connectivity index (χ4v) is 2.46. The summed E-state index contributed by atoms with van der Waals surface area (Å²) in [6.45, 7) is 0.586. The van der Waals surface area contributed by atoms with Gasteiger partial charge in [0.15, 0.2) is 5.96 Å². The van der Waals surface area contributed by atoms with Gasteiger partial charge in [-0.3, -0.25) is 4.99 Å². The van der Waals surface area contributed by atoms with E-state index in [1.54, 1.807) is 11.3 Å². The van der Waals surface area contributed by atoms with E-state index in [-0.39, 0.29) is 24.8 Å². The zero-order chi connectivity index (χ0) is 12.3. The number of guanidine groups is 1. The molecule has 17 heavy (non-hydrogen) atoms. The quantitative estimate of drug-likeness (QED) is 0.642. The largest absolute Gasteiger partial charge is 0.370 e. The van der Waals surface area contributed by atoms with Crippen LogP contribution in [0.1, 0.15) is 17.7 Å². The van der Waals surface area contributed by atoms with E-state index in [2.05, 4.69) is 10.3 Å². The number of hydrogen-bond acceptors (Lipinski definition) is 2. The van der Waals surface area contributed by atoms with Gasteiger partial charge in [-0.05, 0) is 11.4 Å². The second-order valence-corrected chi connectivity index (χ2v) is 5.23. The Labute approximate surface area is 103 Å². The molecule has 1 saturated carbocycles. The summed E-state index contributed by atoms with van der Waals surface area (Å²) >= 11 is 1.67. The normalized spacial score (nSPS) is 20.0.